The Morgan fingerprint density at radius 1 is 0.370 bits per heavy atom. The van der Waals surface area contributed by atoms with E-state index in [1.165, 1.54) is 4.90 Å². The molecule has 1 aliphatic rings. The topological polar surface area (TPSA) is 169 Å². The van der Waals surface area contributed by atoms with Crippen molar-refractivity contribution in [3.8, 4) is 0 Å². The summed E-state index contributed by atoms with van der Waals surface area (Å²) >= 11 is 0. The van der Waals surface area contributed by atoms with Gasteiger partial charge in [0.25, 0.3) is 11.8 Å². The highest BCUT2D eigenvalue weighted by atomic mass is 16.6. The van der Waals surface area contributed by atoms with Gasteiger partial charge < -0.3 is 66.9 Å². The first-order chi connectivity index (χ1) is 26.8. The molecule has 54 heavy (non-hydrogen) atoms. The van der Waals surface area contributed by atoms with Gasteiger partial charge in [-0.2, -0.15) is 0 Å². The highest BCUT2D eigenvalue weighted by Gasteiger charge is 2.34. The summed E-state index contributed by atoms with van der Waals surface area (Å²) in [5.74, 6) is -0.558. The van der Waals surface area contributed by atoms with Crippen LogP contribution in [0.5, 0.6) is 0 Å². The number of benzene rings is 1. The van der Waals surface area contributed by atoms with Crippen molar-refractivity contribution in [1.29, 1.82) is 0 Å². The van der Waals surface area contributed by atoms with Gasteiger partial charge in [0.05, 0.1) is 189 Å². The smallest absolute Gasteiger partial charge is 0.261 e. The maximum absolute atomic E-state index is 12.3. The average molecular weight is 777 g/mol. The third-order valence-corrected chi connectivity index (χ3v) is 7.30. The van der Waals surface area contributed by atoms with Crippen molar-refractivity contribution in [2.24, 2.45) is 0 Å². The molecule has 0 radical (unpaired) electrons. The van der Waals surface area contributed by atoms with Crippen LogP contribution in [0.3, 0.4) is 0 Å². The Balaban J connectivity index is 1.15. The van der Waals surface area contributed by atoms with E-state index >= 15 is 0 Å². The molecule has 0 aromatic heterocycles. The molecule has 1 aromatic rings. The van der Waals surface area contributed by atoms with Crippen LogP contribution in [0.4, 0.5) is 0 Å². The molecule has 0 unspecified atom stereocenters. The number of rotatable bonds is 42. The fraction of sp³-hybridized carbons (Fsp3) is 0.784. The van der Waals surface area contributed by atoms with Gasteiger partial charge in [-0.15, -0.1) is 0 Å². The molecule has 1 N–H and O–H groups in total. The summed E-state index contributed by atoms with van der Waals surface area (Å²) in [4.78, 5) is 25.8. The quantitative estimate of drug-likeness (QED) is 0.0728. The number of ether oxygens (including phenoxy) is 13. The Kier molecular flexibility index (Phi) is 32.4. The van der Waals surface area contributed by atoms with E-state index in [0.717, 1.165) is 6.54 Å². The molecule has 0 spiro atoms. The van der Waals surface area contributed by atoms with Crippen LogP contribution in [0, 0.1) is 0 Å². The molecule has 2 rings (SSSR count). The number of carbonyl (C=O) groups excluding carboxylic acids is 2. The van der Waals surface area contributed by atoms with Gasteiger partial charge in [-0.25, -0.2) is 0 Å². The van der Waals surface area contributed by atoms with E-state index in [1.807, 2.05) is 7.05 Å². The summed E-state index contributed by atoms with van der Waals surface area (Å²) in [5, 5.41) is 3.02. The minimum atomic E-state index is -0.279. The molecule has 17 heteroatoms. The van der Waals surface area contributed by atoms with E-state index in [4.69, 9.17) is 61.6 Å². The van der Waals surface area contributed by atoms with E-state index in [2.05, 4.69) is 5.32 Å². The van der Waals surface area contributed by atoms with Gasteiger partial charge in [0, 0.05) is 6.54 Å². The number of carbonyl (C=O) groups is 2. The van der Waals surface area contributed by atoms with Crippen LogP contribution >= 0.6 is 0 Å². The highest BCUT2D eigenvalue weighted by Crippen LogP contribution is 2.21. The van der Waals surface area contributed by atoms with Gasteiger partial charge in [0.1, 0.15) is 0 Å². The molecule has 2 amide bonds. The largest absolute Gasteiger partial charge is 0.378 e. The number of imide groups is 1. The molecular formula is C37H64N2O15. The first-order valence-corrected chi connectivity index (χ1v) is 18.9. The molecule has 17 nitrogen and oxygen atoms in total. The standard InChI is InChI=1S/C37H64N2O15/c1-38-6-8-42-10-12-44-14-16-46-18-20-48-22-24-50-26-28-52-30-32-54-33-31-53-29-27-51-25-23-49-21-19-47-17-15-45-13-11-43-9-7-39-36(40)34-4-2-3-5-35(34)37(39)41/h2-5,38H,6-33H2,1H3. The molecule has 0 bridgehead atoms. The second kappa shape index (κ2) is 36.4. The SMILES string of the molecule is CNCCOCCOCCOCCOCCOCCOCCOCCOCCOCCOCCOCCOCCOCCN1C(=O)c2ccccc2C1=O. The molecule has 0 saturated heterocycles. The minimum absolute atomic E-state index is 0.212. The lowest BCUT2D eigenvalue weighted by atomic mass is 10.1. The lowest BCUT2D eigenvalue weighted by Crippen LogP contribution is -2.33. The fourth-order valence-electron chi connectivity index (χ4n) is 4.51. The van der Waals surface area contributed by atoms with Gasteiger partial charge in [0.15, 0.2) is 0 Å². The van der Waals surface area contributed by atoms with Crippen LogP contribution < -0.4 is 5.32 Å². The second-order valence-electron chi connectivity index (χ2n) is 11.4. The van der Waals surface area contributed by atoms with Crippen LogP contribution in [-0.4, -0.2) is 209 Å². The third-order valence-electron chi connectivity index (χ3n) is 7.30. The molecule has 0 saturated carbocycles. The van der Waals surface area contributed by atoms with Crippen molar-refractivity contribution >= 4 is 11.8 Å². The van der Waals surface area contributed by atoms with E-state index in [1.54, 1.807) is 24.3 Å². The van der Waals surface area contributed by atoms with Crippen LogP contribution in [0.1, 0.15) is 20.7 Å². The van der Waals surface area contributed by atoms with Gasteiger partial charge in [-0.05, 0) is 19.2 Å². The number of hydrogen-bond acceptors (Lipinski definition) is 16. The lowest BCUT2D eigenvalue weighted by molar-refractivity contribution is -0.0290. The van der Waals surface area contributed by atoms with Crippen molar-refractivity contribution in [2.45, 2.75) is 0 Å². The number of fused-ring (bicyclic) bond motifs is 1. The second-order valence-corrected chi connectivity index (χ2v) is 11.4. The van der Waals surface area contributed by atoms with Crippen molar-refractivity contribution < 1.29 is 71.2 Å². The Morgan fingerprint density at radius 3 is 0.833 bits per heavy atom. The molecule has 0 atom stereocenters. The first kappa shape index (κ1) is 48.0. The predicted molar refractivity (Wildman–Crippen MR) is 196 cm³/mol. The number of nitrogens with one attached hydrogen (secondary N) is 1. The molecule has 1 aromatic carbocycles. The first-order valence-electron chi connectivity index (χ1n) is 18.9. The molecular weight excluding hydrogens is 712 g/mol. The van der Waals surface area contributed by atoms with E-state index < -0.39 is 0 Å². The van der Waals surface area contributed by atoms with Crippen molar-refractivity contribution in [3.05, 3.63) is 35.4 Å². The lowest BCUT2D eigenvalue weighted by Gasteiger charge is -2.13. The van der Waals surface area contributed by atoms with Gasteiger partial charge in [-0.3, -0.25) is 14.5 Å². The molecule has 0 fully saturated rings. The number of hydrogen-bond donors (Lipinski definition) is 1. The number of amides is 2. The zero-order chi connectivity index (χ0) is 38.4. The molecule has 1 aliphatic heterocycles. The van der Waals surface area contributed by atoms with Gasteiger partial charge in [-0.1, -0.05) is 12.1 Å². The summed E-state index contributed by atoms with van der Waals surface area (Å²) in [5.41, 5.74) is 0.881. The Bertz CT molecular complexity index is 990. The van der Waals surface area contributed by atoms with E-state index in [-0.39, 0.29) is 25.0 Å². The fourth-order valence-corrected chi connectivity index (χ4v) is 4.51. The summed E-state index contributed by atoms with van der Waals surface area (Å²) < 4.78 is 71.1. The Labute approximate surface area is 320 Å². The Morgan fingerprint density at radius 2 is 0.593 bits per heavy atom. The normalized spacial score (nSPS) is 12.7. The molecule has 312 valence electrons. The van der Waals surface area contributed by atoms with E-state index in [9.17, 15) is 9.59 Å². The molecule has 0 aliphatic carbocycles. The molecule has 1 heterocycles. The highest BCUT2D eigenvalue weighted by molar-refractivity contribution is 6.21. The van der Waals surface area contributed by atoms with Crippen molar-refractivity contribution in [2.75, 3.05) is 192 Å². The van der Waals surface area contributed by atoms with Crippen LogP contribution in [-0.2, 0) is 61.6 Å². The maximum Gasteiger partial charge on any atom is 0.261 e. The van der Waals surface area contributed by atoms with Crippen LogP contribution in [0.25, 0.3) is 0 Å². The monoisotopic (exact) mass is 776 g/mol. The predicted octanol–water partition coefficient (Wildman–Crippen LogP) is 0.718. The third kappa shape index (κ3) is 25.8. The van der Waals surface area contributed by atoms with Crippen molar-refractivity contribution in [1.82, 2.24) is 10.2 Å². The van der Waals surface area contributed by atoms with Crippen LogP contribution in [0.2, 0.25) is 0 Å². The zero-order valence-electron chi connectivity index (χ0n) is 32.2. The minimum Gasteiger partial charge on any atom is -0.378 e. The summed E-state index contributed by atoms with van der Waals surface area (Å²) in [6.07, 6.45) is 0. The summed E-state index contributed by atoms with van der Waals surface area (Å²) in [7, 11) is 1.89. The van der Waals surface area contributed by atoms with Gasteiger partial charge >= 0.3 is 0 Å². The Hall–Kier alpha value is -2.20. The number of nitrogens with zero attached hydrogens (tertiary/aromatic N) is 1. The average Bonchev–Trinajstić information content (AvgIpc) is 3.43. The zero-order valence-corrected chi connectivity index (χ0v) is 32.2. The van der Waals surface area contributed by atoms with Crippen LogP contribution in [0.15, 0.2) is 24.3 Å². The van der Waals surface area contributed by atoms with E-state index in [0.29, 0.717) is 176 Å². The van der Waals surface area contributed by atoms with Gasteiger partial charge in [0.2, 0.25) is 0 Å². The number of likely N-dealkylation sites (N-methyl/N-ethyl adjacent to an activating group) is 1. The maximum atomic E-state index is 12.3. The van der Waals surface area contributed by atoms with Crippen molar-refractivity contribution in [3.63, 3.8) is 0 Å². The summed E-state index contributed by atoms with van der Waals surface area (Å²) in [6.45, 7) is 13.7. The summed E-state index contributed by atoms with van der Waals surface area (Å²) in [6, 6.07) is 6.82.